The maximum Gasteiger partial charge on any atom is 0.241 e. The summed E-state index contributed by atoms with van der Waals surface area (Å²) >= 11 is 0. The highest BCUT2D eigenvalue weighted by atomic mass is 16.5. The summed E-state index contributed by atoms with van der Waals surface area (Å²) in [5.74, 6) is 0.916. The third kappa shape index (κ3) is 3.88. The Morgan fingerprint density at radius 2 is 2.06 bits per heavy atom. The number of aliphatic hydroxyl groups excluding tert-OH is 1. The first-order chi connectivity index (χ1) is 15.1. The number of hydrogen-bond acceptors (Lipinski definition) is 7. The first kappa shape index (κ1) is 20.0. The first-order valence-corrected chi connectivity index (χ1v) is 10.8. The van der Waals surface area contributed by atoms with Crippen LogP contribution in [0.4, 0.5) is 5.95 Å². The highest BCUT2D eigenvalue weighted by Crippen LogP contribution is 2.38. The number of aromatic nitrogens is 4. The minimum atomic E-state index is -0.197. The minimum Gasteiger partial charge on any atom is -0.443 e. The molecule has 0 saturated heterocycles. The molecule has 3 heterocycles. The number of ether oxygens (including phenoxy) is 1. The second-order valence-corrected chi connectivity index (χ2v) is 8.40. The van der Waals surface area contributed by atoms with Crippen molar-refractivity contribution >= 4 is 22.6 Å². The Labute approximate surface area is 180 Å². The maximum atomic E-state index is 9.97. The molecule has 1 aromatic carbocycles. The summed E-state index contributed by atoms with van der Waals surface area (Å²) in [7, 11) is 1.68. The van der Waals surface area contributed by atoms with Gasteiger partial charge in [-0.25, -0.2) is 14.5 Å². The second-order valence-electron chi connectivity index (χ2n) is 8.40. The molecule has 1 aliphatic carbocycles. The minimum absolute atomic E-state index is 0.0969. The van der Waals surface area contributed by atoms with Crippen molar-refractivity contribution in [2.75, 3.05) is 19.0 Å². The van der Waals surface area contributed by atoms with Crippen LogP contribution in [0.3, 0.4) is 0 Å². The molecule has 8 nitrogen and oxygen atoms in total. The summed E-state index contributed by atoms with van der Waals surface area (Å²) in [6.45, 7) is 2.61. The van der Waals surface area contributed by atoms with Crippen molar-refractivity contribution in [2.24, 2.45) is 0 Å². The van der Waals surface area contributed by atoms with Gasteiger partial charge in [-0.05, 0) is 56.4 Å². The molecule has 1 saturated carbocycles. The lowest BCUT2D eigenvalue weighted by atomic mass is 9.85. The van der Waals surface area contributed by atoms with E-state index in [9.17, 15) is 5.11 Å². The van der Waals surface area contributed by atoms with E-state index in [4.69, 9.17) is 14.3 Å². The van der Waals surface area contributed by atoms with Gasteiger partial charge in [0, 0.05) is 30.3 Å². The van der Waals surface area contributed by atoms with Crippen LogP contribution in [-0.4, -0.2) is 50.6 Å². The third-order valence-electron chi connectivity index (χ3n) is 6.09. The topological polar surface area (TPSA) is 97.7 Å². The van der Waals surface area contributed by atoms with Crippen LogP contribution >= 0.6 is 0 Å². The average Bonchev–Trinajstić information content (AvgIpc) is 3.38. The summed E-state index contributed by atoms with van der Waals surface area (Å²) in [5.41, 5.74) is 5.80. The van der Waals surface area contributed by atoms with Gasteiger partial charge in [-0.2, -0.15) is 0 Å². The number of nitrogens with one attached hydrogen (secondary N) is 1. The van der Waals surface area contributed by atoms with Crippen LogP contribution in [0.25, 0.3) is 27.7 Å². The lowest BCUT2D eigenvalue weighted by Gasteiger charge is -2.25. The number of rotatable bonds is 6. The van der Waals surface area contributed by atoms with Crippen LogP contribution in [0.15, 0.2) is 41.3 Å². The zero-order valence-corrected chi connectivity index (χ0v) is 17.8. The summed E-state index contributed by atoms with van der Waals surface area (Å²) in [5, 5.41) is 18.1. The maximum absolute atomic E-state index is 9.97. The number of hydrogen-bond donors (Lipinski definition) is 2. The molecular formula is C23H27N5O3. The molecule has 31 heavy (non-hydrogen) atoms. The van der Waals surface area contributed by atoms with E-state index in [-0.39, 0.29) is 12.1 Å². The first-order valence-electron chi connectivity index (χ1n) is 10.8. The Bertz CT molecular complexity index is 1190. The molecule has 8 heteroatoms. The van der Waals surface area contributed by atoms with E-state index in [0.29, 0.717) is 18.5 Å². The number of nitrogens with zero attached hydrogens (tertiary/aromatic N) is 4. The van der Waals surface area contributed by atoms with Gasteiger partial charge in [0.15, 0.2) is 12.0 Å². The summed E-state index contributed by atoms with van der Waals surface area (Å²) < 4.78 is 12.7. The monoisotopic (exact) mass is 421 g/mol. The van der Waals surface area contributed by atoms with Crippen LogP contribution in [0.2, 0.25) is 0 Å². The largest absolute Gasteiger partial charge is 0.443 e. The smallest absolute Gasteiger partial charge is 0.241 e. The van der Waals surface area contributed by atoms with Crippen LogP contribution in [0, 0.1) is 0 Å². The molecule has 1 fully saturated rings. The number of aliphatic hydroxyl groups is 1. The van der Waals surface area contributed by atoms with Gasteiger partial charge in [0.1, 0.15) is 5.52 Å². The molecule has 0 bridgehead atoms. The van der Waals surface area contributed by atoms with E-state index in [1.807, 2.05) is 29.8 Å². The number of fused-ring (bicyclic) bond motifs is 2. The highest BCUT2D eigenvalue weighted by molar-refractivity contribution is 5.87. The van der Waals surface area contributed by atoms with Gasteiger partial charge in [-0.3, -0.25) is 0 Å². The van der Waals surface area contributed by atoms with Crippen molar-refractivity contribution < 1.29 is 14.3 Å². The molecule has 1 aliphatic rings. The van der Waals surface area contributed by atoms with Crippen molar-refractivity contribution in [3.63, 3.8) is 0 Å². The molecule has 3 aromatic heterocycles. The fraction of sp³-hybridized carbons (Fsp3) is 0.435. The Morgan fingerprint density at radius 1 is 1.23 bits per heavy atom. The van der Waals surface area contributed by atoms with E-state index < -0.39 is 0 Å². The number of oxazole rings is 1. The Morgan fingerprint density at radius 3 is 2.87 bits per heavy atom. The van der Waals surface area contributed by atoms with Gasteiger partial charge in [0.05, 0.1) is 24.4 Å². The molecule has 0 radical (unpaired) electrons. The normalized spacial score (nSPS) is 20.4. The van der Waals surface area contributed by atoms with Crippen LogP contribution in [-0.2, 0) is 4.74 Å². The Kier molecular flexibility index (Phi) is 5.33. The number of anilines is 1. The Hall–Kier alpha value is -2.97. The predicted molar refractivity (Wildman–Crippen MR) is 118 cm³/mol. The summed E-state index contributed by atoms with van der Waals surface area (Å²) in [6, 6.07) is 8.35. The van der Waals surface area contributed by atoms with Gasteiger partial charge in [0.25, 0.3) is 0 Å². The van der Waals surface area contributed by atoms with Gasteiger partial charge in [0.2, 0.25) is 5.95 Å². The second kappa shape index (κ2) is 8.28. The van der Waals surface area contributed by atoms with Crippen LogP contribution in [0.1, 0.15) is 44.2 Å². The molecule has 1 atom stereocenters. The molecule has 2 N–H and O–H groups in total. The molecule has 0 aliphatic heterocycles. The molecular weight excluding hydrogens is 394 g/mol. The van der Waals surface area contributed by atoms with Gasteiger partial charge in [-0.15, -0.1) is 5.10 Å². The van der Waals surface area contributed by atoms with E-state index in [1.54, 1.807) is 7.11 Å². The third-order valence-corrected chi connectivity index (χ3v) is 6.09. The van der Waals surface area contributed by atoms with Crippen LogP contribution in [0.5, 0.6) is 0 Å². The molecule has 0 unspecified atom stereocenters. The fourth-order valence-corrected chi connectivity index (χ4v) is 4.51. The lowest BCUT2D eigenvalue weighted by Crippen LogP contribution is -2.23. The molecule has 5 rings (SSSR count). The van der Waals surface area contributed by atoms with E-state index >= 15 is 0 Å². The Balaban J connectivity index is 1.60. The van der Waals surface area contributed by atoms with Gasteiger partial charge < -0.3 is 19.6 Å². The molecule has 0 spiro atoms. The average molecular weight is 422 g/mol. The van der Waals surface area contributed by atoms with Crippen molar-refractivity contribution in [1.82, 2.24) is 19.6 Å². The summed E-state index contributed by atoms with van der Waals surface area (Å²) in [4.78, 5) is 8.78. The highest BCUT2D eigenvalue weighted by Gasteiger charge is 2.25. The van der Waals surface area contributed by atoms with Crippen LogP contribution < -0.4 is 5.32 Å². The standard InChI is InChI=1S/C23H27N5O3/c1-14(12-30-2)26-23-24-11-21-18(16-5-8-19-22(9-16)31-13-25-19)10-20(28(21)27-23)15-3-6-17(29)7-4-15/h5,8-11,13-15,17,29H,3-4,6-7,12H2,1-2H3,(H,26,27)/t14-,15?,17?/m0/s1. The lowest BCUT2D eigenvalue weighted by molar-refractivity contribution is 0.121. The number of methoxy groups -OCH3 is 1. The summed E-state index contributed by atoms with van der Waals surface area (Å²) in [6.07, 6.45) is 6.67. The quantitative estimate of drug-likeness (QED) is 0.485. The van der Waals surface area contributed by atoms with Gasteiger partial charge in [-0.1, -0.05) is 6.07 Å². The van der Waals surface area contributed by atoms with Crippen molar-refractivity contribution in [1.29, 1.82) is 0 Å². The molecule has 162 valence electrons. The predicted octanol–water partition coefficient (Wildman–Crippen LogP) is 4.00. The zero-order valence-electron chi connectivity index (χ0n) is 17.8. The van der Waals surface area contributed by atoms with Crippen molar-refractivity contribution in [2.45, 2.75) is 50.7 Å². The van der Waals surface area contributed by atoms with Crippen molar-refractivity contribution in [3.05, 3.63) is 42.5 Å². The van der Waals surface area contributed by atoms with E-state index in [1.165, 1.54) is 6.39 Å². The van der Waals surface area contributed by atoms with Gasteiger partial charge >= 0.3 is 0 Å². The van der Waals surface area contributed by atoms with E-state index in [2.05, 4.69) is 27.4 Å². The SMILES string of the molecule is COC[C@H](C)Nc1ncc2c(-c3ccc4ncoc4c3)cc(C3CCC(O)CC3)n2n1. The van der Waals surface area contributed by atoms with E-state index in [0.717, 1.165) is 59.1 Å². The fourth-order valence-electron chi connectivity index (χ4n) is 4.51. The molecule has 4 aromatic rings. The zero-order chi connectivity index (χ0) is 21.4. The number of benzene rings is 1. The molecule has 0 amide bonds. The van der Waals surface area contributed by atoms with Crippen molar-refractivity contribution in [3.8, 4) is 11.1 Å².